The maximum atomic E-state index is 14.0. The van der Waals surface area contributed by atoms with Crippen LogP contribution in [0.4, 0.5) is 8.78 Å². The highest BCUT2D eigenvalue weighted by Crippen LogP contribution is 2.32. The number of hydrogen-bond donors (Lipinski definition) is 4. The predicted molar refractivity (Wildman–Crippen MR) is 121 cm³/mol. The molecule has 0 aliphatic carbocycles. The first-order valence-corrected chi connectivity index (χ1v) is 11.3. The van der Waals surface area contributed by atoms with Gasteiger partial charge >= 0.3 is 0 Å². The van der Waals surface area contributed by atoms with Crippen LogP contribution in [0.15, 0.2) is 48.5 Å². The van der Waals surface area contributed by atoms with E-state index in [0.717, 1.165) is 32.2 Å². The number of rotatable bonds is 16. The Bertz CT molecular complexity index is 774. The van der Waals surface area contributed by atoms with Crippen LogP contribution in [-0.2, 0) is 17.3 Å². The molecule has 7 heteroatoms. The third-order valence-corrected chi connectivity index (χ3v) is 5.36. The van der Waals surface area contributed by atoms with Crippen molar-refractivity contribution in [2.45, 2.75) is 57.2 Å². The van der Waals surface area contributed by atoms with E-state index in [1.54, 1.807) is 30.3 Å². The van der Waals surface area contributed by atoms with E-state index in [2.05, 4.69) is 5.32 Å². The molecule has 1 unspecified atom stereocenters. The molecular weight excluding hydrogens is 416 g/mol. The Kier molecular flexibility index (Phi) is 11.6. The van der Waals surface area contributed by atoms with Crippen molar-refractivity contribution < 1.29 is 28.8 Å². The summed E-state index contributed by atoms with van der Waals surface area (Å²) in [7, 11) is 0. The van der Waals surface area contributed by atoms with Crippen LogP contribution in [-0.4, -0.2) is 41.6 Å². The van der Waals surface area contributed by atoms with Gasteiger partial charge in [-0.15, -0.1) is 0 Å². The summed E-state index contributed by atoms with van der Waals surface area (Å²) in [6, 6.07) is 12.6. The average Bonchev–Trinajstić information content (AvgIpc) is 2.80. The fourth-order valence-electron chi connectivity index (χ4n) is 3.43. The van der Waals surface area contributed by atoms with E-state index >= 15 is 0 Å². The van der Waals surface area contributed by atoms with Crippen molar-refractivity contribution in [1.82, 2.24) is 5.32 Å². The molecular formula is C25H35F2NO4. The van der Waals surface area contributed by atoms with Crippen molar-refractivity contribution in [3.8, 4) is 5.75 Å². The van der Waals surface area contributed by atoms with Gasteiger partial charge < -0.3 is 25.4 Å². The number of unbranched alkanes of at least 4 members (excludes halogenated alkanes) is 3. The predicted octanol–water partition coefficient (Wildman–Crippen LogP) is 4.66. The van der Waals surface area contributed by atoms with Crippen molar-refractivity contribution in [2.24, 2.45) is 0 Å². The van der Waals surface area contributed by atoms with Crippen molar-refractivity contribution in [1.29, 1.82) is 0 Å². The minimum atomic E-state index is -2.81. The third-order valence-electron chi connectivity index (χ3n) is 5.36. The maximum absolute atomic E-state index is 14.0. The van der Waals surface area contributed by atoms with Gasteiger partial charge in [-0.3, -0.25) is 0 Å². The molecule has 0 aliphatic heterocycles. The molecule has 178 valence electrons. The molecule has 2 rings (SSSR count). The second-order valence-electron chi connectivity index (χ2n) is 7.97. The van der Waals surface area contributed by atoms with Gasteiger partial charge in [0.05, 0.1) is 12.7 Å². The van der Waals surface area contributed by atoms with Crippen LogP contribution in [0, 0.1) is 0 Å². The molecule has 5 nitrogen and oxygen atoms in total. The van der Waals surface area contributed by atoms with Gasteiger partial charge in [-0.1, -0.05) is 49.2 Å². The summed E-state index contributed by atoms with van der Waals surface area (Å²) in [4.78, 5) is 0. The average molecular weight is 452 g/mol. The van der Waals surface area contributed by atoms with E-state index in [4.69, 9.17) is 4.74 Å². The van der Waals surface area contributed by atoms with Gasteiger partial charge in [0, 0.05) is 37.3 Å². The summed E-state index contributed by atoms with van der Waals surface area (Å²) >= 11 is 0. The van der Waals surface area contributed by atoms with Crippen molar-refractivity contribution in [3.63, 3.8) is 0 Å². The van der Waals surface area contributed by atoms with E-state index in [9.17, 15) is 24.1 Å². The van der Waals surface area contributed by atoms with Crippen LogP contribution in [0.2, 0.25) is 0 Å². The first-order chi connectivity index (χ1) is 15.4. The molecule has 0 saturated heterocycles. The molecule has 0 fully saturated rings. The Morgan fingerprint density at radius 2 is 1.66 bits per heavy atom. The van der Waals surface area contributed by atoms with Crippen LogP contribution in [0.1, 0.15) is 61.3 Å². The van der Waals surface area contributed by atoms with E-state index in [-0.39, 0.29) is 24.3 Å². The number of phenols is 1. The Labute approximate surface area is 189 Å². The molecule has 0 saturated carbocycles. The lowest BCUT2D eigenvalue weighted by atomic mass is 10.0. The summed E-state index contributed by atoms with van der Waals surface area (Å²) < 4.78 is 33.5. The van der Waals surface area contributed by atoms with Crippen LogP contribution >= 0.6 is 0 Å². The Balaban J connectivity index is 1.44. The second kappa shape index (κ2) is 14.2. The fraction of sp³-hybridized carbons (Fsp3) is 0.520. The molecule has 0 aliphatic rings. The van der Waals surface area contributed by atoms with Gasteiger partial charge in [-0.05, 0) is 43.5 Å². The van der Waals surface area contributed by atoms with Crippen molar-refractivity contribution >= 4 is 0 Å². The maximum Gasteiger partial charge on any atom is 0.273 e. The second-order valence-corrected chi connectivity index (χ2v) is 7.97. The summed E-state index contributed by atoms with van der Waals surface area (Å²) in [6.45, 7) is 1.82. The fourth-order valence-corrected chi connectivity index (χ4v) is 3.43. The molecule has 0 bridgehead atoms. The molecule has 0 amide bonds. The number of aliphatic hydroxyl groups excluding tert-OH is 2. The Morgan fingerprint density at radius 1 is 0.938 bits per heavy atom. The quantitative estimate of drug-likeness (QED) is 0.279. The first kappa shape index (κ1) is 26.2. The zero-order valence-corrected chi connectivity index (χ0v) is 18.5. The van der Waals surface area contributed by atoms with E-state index in [1.807, 2.05) is 0 Å². The smallest absolute Gasteiger partial charge is 0.273 e. The van der Waals surface area contributed by atoms with Crippen LogP contribution in [0.25, 0.3) is 0 Å². The third kappa shape index (κ3) is 9.20. The summed E-state index contributed by atoms with van der Waals surface area (Å²) in [6.07, 6.45) is 3.30. The van der Waals surface area contributed by atoms with Gasteiger partial charge in [-0.2, -0.15) is 0 Å². The van der Waals surface area contributed by atoms with Gasteiger partial charge in [0.15, 0.2) is 0 Å². The number of aliphatic hydroxyl groups is 2. The number of alkyl halides is 2. The highest BCUT2D eigenvalue weighted by atomic mass is 19.3. The molecule has 1 atom stereocenters. The summed E-state index contributed by atoms with van der Waals surface area (Å²) in [5, 5.41) is 32.2. The lowest BCUT2D eigenvalue weighted by Crippen LogP contribution is -2.22. The number of ether oxygens (including phenoxy) is 1. The van der Waals surface area contributed by atoms with E-state index in [0.29, 0.717) is 37.3 Å². The SMILES string of the molecule is OCc1cc(C(O)CNCCCCCCOCCCC(F)(F)c2ccccc2)ccc1O. The summed E-state index contributed by atoms with van der Waals surface area (Å²) in [5.74, 6) is -2.79. The van der Waals surface area contributed by atoms with Crippen molar-refractivity contribution in [2.75, 3.05) is 26.3 Å². The molecule has 2 aromatic carbocycles. The largest absolute Gasteiger partial charge is 0.508 e. The standard InChI is InChI=1S/C25H35F2NO4/c26-25(27,22-9-4-3-5-10-22)13-8-16-32-15-7-2-1-6-14-28-18-24(31)20-11-12-23(30)21(17-20)19-29/h3-5,9-12,17,24,28-31H,1-2,6-8,13-16,18-19H2. The van der Waals surface area contributed by atoms with Gasteiger partial charge in [-0.25, -0.2) is 8.78 Å². The number of aromatic hydroxyl groups is 1. The Morgan fingerprint density at radius 3 is 2.41 bits per heavy atom. The molecule has 0 heterocycles. The highest BCUT2D eigenvalue weighted by molar-refractivity contribution is 5.36. The highest BCUT2D eigenvalue weighted by Gasteiger charge is 2.30. The number of hydrogen-bond acceptors (Lipinski definition) is 5. The van der Waals surface area contributed by atoms with Crippen LogP contribution in [0.3, 0.4) is 0 Å². The molecule has 32 heavy (non-hydrogen) atoms. The van der Waals surface area contributed by atoms with E-state index < -0.39 is 12.0 Å². The molecule has 2 aromatic rings. The molecule has 4 N–H and O–H groups in total. The minimum absolute atomic E-state index is 0.0190. The zero-order valence-electron chi connectivity index (χ0n) is 18.5. The van der Waals surface area contributed by atoms with Gasteiger partial charge in [0.1, 0.15) is 5.75 Å². The number of benzene rings is 2. The van der Waals surface area contributed by atoms with Crippen LogP contribution in [0.5, 0.6) is 5.75 Å². The van der Waals surface area contributed by atoms with Crippen molar-refractivity contribution in [3.05, 3.63) is 65.2 Å². The number of halogens is 2. The summed E-state index contributed by atoms with van der Waals surface area (Å²) in [5.41, 5.74) is 1.10. The lowest BCUT2D eigenvalue weighted by molar-refractivity contribution is -0.0226. The molecule has 0 aromatic heterocycles. The first-order valence-electron chi connectivity index (χ1n) is 11.3. The molecule has 0 radical (unpaired) electrons. The van der Waals surface area contributed by atoms with Gasteiger partial charge in [0.25, 0.3) is 5.92 Å². The monoisotopic (exact) mass is 451 g/mol. The zero-order chi connectivity index (χ0) is 23.2. The Hall–Kier alpha value is -2.06. The normalized spacial score (nSPS) is 12.8. The van der Waals surface area contributed by atoms with E-state index in [1.165, 1.54) is 18.2 Å². The van der Waals surface area contributed by atoms with Crippen LogP contribution < -0.4 is 5.32 Å². The lowest BCUT2D eigenvalue weighted by Gasteiger charge is -2.16. The number of nitrogens with one attached hydrogen (secondary N) is 1. The minimum Gasteiger partial charge on any atom is -0.508 e. The van der Waals surface area contributed by atoms with Gasteiger partial charge in [0.2, 0.25) is 0 Å². The topological polar surface area (TPSA) is 82.0 Å². The molecule has 0 spiro atoms.